The Labute approximate surface area is 180 Å². The van der Waals surface area contributed by atoms with E-state index in [-0.39, 0.29) is 24.5 Å². The van der Waals surface area contributed by atoms with Gasteiger partial charge in [-0.15, -0.1) is 0 Å². The lowest BCUT2D eigenvalue weighted by Crippen LogP contribution is -2.33. The van der Waals surface area contributed by atoms with E-state index < -0.39 is 0 Å². The molecule has 154 valence electrons. The van der Waals surface area contributed by atoms with Gasteiger partial charge in [0.05, 0.1) is 11.3 Å². The lowest BCUT2D eigenvalue weighted by Gasteiger charge is -2.15. The molecule has 3 aromatic carbocycles. The normalized spacial score (nSPS) is 13.9. The van der Waals surface area contributed by atoms with Crippen LogP contribution in [0.15, 0.2) is 60.7 Å². The van der Waals surface area contributed by atoms with Crippen molar-refractivity contribution in [2.24, 2.45) is 0 Å². The smallest absolute Gasteiger partial charge is 0.262 e. The molecule has 0 aliphatic heterocycles. The summed E-state index contributed by atoms with van der Waals surface area (Å²) in [4.78, 5) is 25.2. The Balaban J connectivity index is 1.43. The van der Waals surface area contributed by atoms with Crippen LogP contribution in [0.5, 0.6) is 5.75 Å². The average molecular weight is 423 g/mol. The van der Waals surface area contributed by atoms with Gasteiger partial charge in [-0.05, 0) is 37.1 Å². The van der Waals surface area contributed by atoms with Crippen LogP contribution < -0.4 is 15.4 Å². The Morgan fingerprint density at radius 3 is 2.43 bits per heavy atom. The van der Waals surface area contributed by atoms with Gasteiger partial charge in [0.2, 0.25) is 0 Å². The molecule has 0 bridgehead atoms. The molecule has 5 nitrogen and oxygen atoms in total. The van der Waals surface area contributed by atoms with Crippen molar-refractivity contribution in [1.29, 1.82) is 0 Å². The van der Waals surface area contributed by atoms with Crippen LogP contribution in [0.3, 0.4) is 0 Å². The second-order valence-electron chi connectivity index (χ2n) is 7.43. The number of hydrogen-bond donors (Lipinski definition) is 2. The van der Waals surface area contributed by atoms with E-state index in [4.69, 9.17) is 16.3 Å². The monoisotopic (exact) mass is 422 g/mol. The molecule has 0 atom stereocenters. The third-order valence-corrected chi connectivity index (χ3v) is 5.66. The number of anilines is 1. The van der Waals surface area contributed by atoms with Crippen molar-refractivity contribution >= 4 is 39.9 Å². The van der Waals surface area contributed by atoms with Crippen LogP contribution >= 0.6 is 11.6 Å². The fourth-order valence-electron chi connectivity index (χ4n) is 3.81. The standard InChI is InChI=1S/C24H23ClN2O3/c25-20-13-14-22(18-10-4-3-9-17(18)20)30-15-23(28)27-21-12-6-5-11-19(21)24(29)26-16-7-1-2-8-16/h3-6,9-14,16H,1-2,7-8,15H2,(H,26,29)(H,27,28). The van der Waals surface area contributed by atoms with Crippen molar-refractivity contribution in [2.75, 3.05) is 11.9 Å². The van der Waals surface area contributed by atoms with Gasteiger partial charge in [-0.1, -0.05) is 60.8 Å². The zero-order valence-corrected chi connectivity index (χ0v) is 17.2. The van der Waals surface area contributed by atoms with E-state index in [1.54, 1.807) is 36.4 Å². The van der Waals surface area contributed by atoms with Gasteiger partial charge in [0, 0.05) is 21.8 Å². The number of carbonyl (C=O) groups excluding carboxylic acids is 2. The second-order valence-corrected chi connectivity index (χ2v) is 7.84. The Morgan fingerprint density at radius 1 is 0.933 bits per heavy atom. The minimum Gasteiger partial charge on any atom is -0.483 e. The highest BCUT2D eigenvalue weighted by atomic mass is 35.5. The third-order valence-electron chi connectivity index (χ3n) is 5.33. The lowest BCUT2D eigenvalue weighted by atomic mass is 10.1. The molecule has 1 aliphatic rings. The Morgan fingerprint density at radius 2 is 1.63 bits per heavy atom. The van der Waals surface area contributed by atoms with Crippen molar-refractivity contribution in [3.05, 3.63) is 71.2 Å². The van der Waals surface area contributed by atoms with Crippen LogP contribution in [0, 0.1) is 0 Å². The Kier molecular flexibility index (Phi) is 6.19. The maximum absolute atomic E-state index is 12.7. The SMILES string of the molecule is O=C(COc1ccc(Cl)c2ccccc12)Nc1ccccc1C(=O)NC1CCCC1. The summed E-state index contributed by atoms with van der Waals surface area (Å²) in [6, 6.07) is 18.3. The van der Waals surface area contributed by atoms with Gasteiger partial charge in [0.1, 0.15) is 5.75 Å². The first kappa shape index (κ1) is 20.2. The first-order valence-corrected chi connectivity index (χ1v) is 10.5. The van der Waals surface area contributed by atoms with Gasteiger partial charge in [-0.25, -0.2) is 0 Å². The molecule has 1 fully saturated rings. The zero-order chi connectivity index (χ0) is 20.9. The van der Waals surface area contributed by atoms with E-state index in [2.05, 4.69) is 10.6 Å². The van der Waals surface area contributed by atoms with Crippen LogP contribution in [0.4, 0.5) is 5.69 Å². The number of benzene rings is 3. The fourth-order valence-corrected chi connectivity index (χ4v) is 4.04. The molecule has 30 heavy (non-hydrogen) atoms. The predicted octanol–water partition coefficient (Wildman–Crippen LogP) is 5.18. The summed E-state index contributed by atoms with van der Waals surface area (Å²) in [5.74, 6) is 0.0787. The topological polar surface area (TPSA) is 67.4 Å². The molecule has 0 spiro atoms. The van der Waals surface area contributed by atoms with Gasteiger partial charge in [-0.3, -0.25) is 9.59 Å². The summed E-state index contributed by atoms with van der Waals surface area (Å²) < 4.78 is 5.75. The van der Waals surface area contributed by atoms with Crippen LogP contribution in [0.2, 0.25) is 5.02 Å². The highest BCUT2D eigenvalue weighted by Gasteiger charge is 2.20. The third kappa shape index (κ3) is 4.57. The van der Waals surface area contributed by atoms with Gasteiger partial charge < -0.3 is 15.4 Å². The van der Waals surface area contributed by atoms with Crippen LogP contribution in [-0.4, -0.2) is 24.5 Å². The number of amides is 2. The molecule has 0 aromatic heterocycles. The van der Waals surface area contributed by atoms with E-state index >= 15 is 0 Å². The largest absolute Gasteiger partial charge is 0.483 e. The van der Waals surface area contributed by atoms with Gasteiger partial charge >= 0.3 is 0 Å². The van der Waals surface area contributed by atoms with Crippen molar-refractivity contribution in [1.82, 2.24) is 5.32 Å². The quantitative estimate of drug-likeness (QED) is 0.575. The minimum atomic E-state index is -0.338. The molecule has 0 saturated heterocycles. The number of fused-ring (bicyclic) bond motifs is 1. The van der Waals surface area contributed by atoms with Crippen molar-refractivity contribution in [2.45, 2.75) is 31.7 Å². The van der Waals surface area contributed by atoms with Crippen molar-refractivity contribution < 1.29 is 14.3 Å². The Bertz CT molecular complexity index is 1080. The van der Waals surface area contributed by atoms with Crippen LogP contribution in [-0.2, 0) is 4.79 Å². The summed E-state index contributed by atoms with van der Waals surface area (Å²) >= 11 is 6.23. The summed E-state index contributed by atoms with van der Waals surface area (Å²) in [5.41, 5.74) is 0.928. The Hall–Kier alpha value is -3.05. The first-order chi connectivity index (χ1) is 14.6. The van der Waals surface area contributed by atoms with Gasteiger partial charge in [0.25, 0.3) is 11.8 Å². The maximum atomic E-state index is 12.7. The van der Waals surface area contributed by atoms with Crippen molar-refractivity contribution in [3.8, 4) is 5.75 Å². The molecule has 3 aromatic rings. The molecule has 6 heteroatoms. The summed E-state index contributed by atoms with van der Waals surface area (Å²) in [6.45, 7) is -0.176. The van der Waals surface area contributed by atoms with E-state index in [9.17, 15) is 9.59 Å². The molecule has 0 heterocycles. The fraction of sp³-hybridized carbons (Fsp3) is 0.250. The number of carbonyl (C=O) groups is 2. The molecular weight excluding hydrogens is 400 g/mol. The molecule has 0 radical (unpaired) electrons. The van der Waals surface area contributed by atoms with E-state index in [1.165, 1.54) is 0 Å². The highest BCUT2D eigenvalue weighted by molar-refractivity contribution is 6.35. The summed E-state index contributed by atoms with van der Waals surface area (Å²) in [7, 11) is 0. The number of para-hydroxylation sites is 1. The van der Waals surface area contributed by atoms with Crippen molar-refractivity contribution in [3.63, 3.8) is 0 Å². The van der Waals surface area contributed by atoms with Gasteiger partial charge in [-0.2, -0.15) is 0 Å². The average Bonchev–Trinajstić information content (AvgIpc) is 3.27. The summed E-state index contributed by atoms with van der Waals surface area (Å²) in [5, 5.41) is 8.19. The lowest BCUT2D eigenvalue weighted by molar-refractivity contribution is -0.118. The first-order valence-electron chi connectivity index (χ1n) is 10.1. The predicted molar refractivity (Wildman–Crippen MR) is 119 cm³/mol. The van der Waals surface area contributed by atoms with Crippen LogP contribution in [0.1, 0.15) is 36.0 Å². The zero-order valence-electron chi connectivity index (χ0n) is 16.5. The molecule has 1 aliphatic carbocycles. The second kappa shape index (κ2) is 9.18. The number of ether oxygens (including phenoxy) is 1. The number of hydrogen-bond acceptors (Lipinski definition) is 3. The molecule has 0 unspecified atom stereocenters. The van der Waals surface area contributed by atoms with E-state index in [0.717, 1.165) is 36.5 Å². The minimum absolute atomic E-state index is 0.164. The summed E-state index contributed by atoms with van der Waals surface area (Å²) in [6.07, 6.45) is 4.28. The molecule has 2 N–H and O–H groups in total. The molecule has 4 rings (SSSR count). The number of rotatable bonds is 6. The molecule has 2 amide bonds. The highest BCUT2D eigenvalue weighted by Crippen LogP contribution is 2.31. The number of nitrogens with one attached hydrogen (secondary N) is 2. The van der Waals surface area contributed by atoms with E-state index in [0.29, 0.717) is 22.0 Å². The van der Waals surface area contributed by atoms with E-state index in [1.807, 2.05) is 24.3 Å². The number of halogens is 1. The van der Waals surface area contributed by atoms with Crippen LogP contribution in [0.25, 0.3) is 10.8 Å². The molecular formula is C24H23ClN2O3. The maximum Gasteiger partial charge on any atom is 0.262 e. The molecule has 1 saturated carbocycles. The van der Waals surface area contributed by atoms with Gasteiger partial charge in [0.15, 0.2) is 6.61 Å².